The number of aromatic carboxylic acids is 1. The number of halogens is 1. The smallest absolute Gasteiger partial charge is 0.335 e. The van der Waals surface area contributed by atoms with Crippen molar-refractivity contribution < 1.29 is 19.4 Å². The zero-order valence-electron chi connectivity index (χ0n) is 24.9. The quantitative estimate of drug-likeness (QED) is 0.201. The molecular weight excluding hydrogens is 586 g/mol. The van der Waals surface area contributed by atoms with Gasteiger partial charge in [-0.05, 0) is 90.0 Å². The van der Waals surface area contributed by atoms with Crippen molar-refractivity contribution in [3.63, 3.8) is 0 Å². The topological polar surface area (TPSA) is 89.4 Å². The summed E-state index contributed by atoms with van der Waals surface area (Å²) in [6.07, 6.45) is 5.91. The highest BCUT2D eigenvalue weighted by Crippen LogP contribution is 2.49. The number of fused-ring (bicyclic) bond motifs is 7. The molecule has 8 rings (SSSR count). The summed E-state index contributed by atoms with van der Waals surface area (Å²) in [7, 11) is 1.66. The number of nitrogens with one attached hydrogen (secondary N) is 1. The molecule has 2 aliphatic rings. The van der Waals surface area contributed by atoms with Crippen LogP contribution in [0.5, 0.6) is 11.5 Å². The second kappa shape index (κ2) is 11.0. The summed E-state index contributed by atoms with van der Waals surface area (Å²) in [5.41, 5.74) is 9.29. The highest BCUT2D eigenvalue weighted by molar-refractivity contribution is 6.30. The van der Waals surface area contributed by atoms with E-state index in [1.807, 2.05) is 54.6 Å². The number of carboxylic acids is 1. The van der Waals surface area contributed by atoms with Crippen LogP contribution < -0.4 is 9.47 Å². The lowest BCUT2D eigenvalue weighted by Crippen LogP contribution is -2.07. The molecule has 0 radical (unpaired) electrons. The van der Waals surface area contributed by atoms with E-state index >= 15 is 0 Å². The Bertz CT molecular complexity index is 2100. The lowest BCUT2D eigenvalue weighted by molar-refractivity contribution is 0.0697. The molecule has 3 heterocycles. The Morgan fingerprint density at radius 2 is 1.78 bits per heavy atom. The Hall–Kier alpha value is -4.75. The first-order valence-electron chi connectivity index (χ1n) is 15.5. The van der Waals surface area contributed by atoms with Crippen LogP contribution in [0.1, 0.15) is 53.9 Å². The molecule has 0 spiro atoms. The Balaban J connectivity index is 1.34. The van der Waals surface area contributed by atoms with E-state index in [4.69, 9.17) is 26.1 Å². The fraction of sp³-hybridized carbons (Fsp3) is 0.243. The van der Waals surface area contributed by atoms with Gasteiger partial charge in [-0.15, -0.1) is 0 Å². The minimum atomic E-state index is -0.917. The molecule has 0 saturated heterocycles. The fourth-order valence-corrected chi connectivity index (χ4v) is 7.45. The lowest BCUT2D eigenvalue weighted by Gasteiger charge is -2.23. The van der Waals surface area contributed by atoms with Crippen LogP contribution in [-0.4, -0.2) is 39.3 Å². The standard InChI is InChI=1S/C37H32ClN3O4/c1-44-25-12-14-26(21-7-10-24(38)11-8-21)29(20-25)36-39-30-16-15-28-34-32(22-5-3-2-4-6-22)27-13-9-23(37(42)43)19-31(27)41(34)17-18-45-35(28)33(30)40-36/h7-16,19-20,22H,2-6,17-18H2,1H3,(H,39,40)(H,42,43). The third kappa shape index (κ3) is 4.65. The van der Waals surface area contributed by atoms with Crippen LogP contribution in [0.15, 0.2) is 72.8 Å². The van der Waals surface area contributed by atoms with Gasteiger partial charge < -0.3 is 24.1 Å². The number of imidazole rings is 1. The molecule has 2 N–H and O–H groups in total. The van der Waals surface area contributed by atoms with Gasteiger partial charge in [-0.1, -0.05) is 49.1 Å². The summed E-state index contributed by atoms with van der Waals surface area (Å²) in [6.45, 7) is 1.07. The lowest BCUT2D eigenvalue weighted by atomic mass is 9.81. The Morgan fingerprint density at radius 3 is 2.56 bits per heavy atom. The van der Waals surface area contributed by atoms with E-state index in [9.17, 15) is 9.90 Å². The van der Waals surface area contributed by atoms with Gasteiger partial charge in [0.05, 0.1) is 30.4 Å². The SMILES string of the molecule is COc1ccc(-c2ccc(Cl)cc2)c(-c2nc3ccc4c(c3[nH]2)OCCn2c-4c(C3CCCCC3)c3ccc(C(=O)O)cc32)c1. The van der Waals surface area contributed by atoms with Crippen LogP contribution in [0.2, 0.25) is 5.02 Å². The van der Waals surface area contributed by atoms with E-state index in [1.54, 1.807) is 13.2 Å². The molecular formula is C37H32ClN3O4. The summed E-state index contributed by atoms with van der Waals surface area (Å²) in [5.74, 6) is 1.72. The number of carbonyl (C=O) groups is 1. The molecule has 45 heavy (non-hydrogen) atoms. The maximum absolute atomic E-state index is 12.0. The molecule has 1 saturated carbocycles. The van der Waals surface area contributed by atoms with E-state index in [0.717, 1.165) is 74.2 Å². The van der Waals surface area contributed by atoms with Gasteiger partial charge in [0.25, 0.3) is 0 Å². The molecule has 0 atom stereocenters. The maximum atomic E-state index is 12.0. The Labute approximate surface area is 265 Å². The highest BCUT2D eigenvalue weighted by atomic mass is 35.5. The Kier molecular flexibility index (Phi) is 6.79. The number of hydrogen-bond donors (Lipinski definition) is 2. The molecule has 0 unspecified atom stereocenters. The van der Waals surface area contributed by atoms with E-state index in [0.29, 0.717) is 35.5 Å². The number of carboxylic acid groups (broad SMARTS) is 1. The molecule has 2 aromatic heterocycles. The molecule has 226 valence electrons. The van der Waals surface area contributed by atoms with Crippen molar-refractivity contribution in [3.8, 4) is 45.3 Å². The summed E-state index contributed by atoms with van der Waals surface area (Å²) >= 11 is 6.20. The first-order chi connectivity index (χ1) is 22.0. The zero-order valence-corrected chi connectivity index (χ0v) is 25.7. The second-order valence-electron chi connectivity index (χ2n) is 12.0. The average Bonchev–Trinajstić information content (AvgIpc) is 3.59. The van der Waals surface area contributed by atoms with Crippen LogP contribution in [0, 0.1) is 0 Å². The van der Waals surface area contributed by atoms with Gasteiger partial charge in [0.2, 0.25) is 0 Å². The van der Waals surface area contributed by atoms with Crippen molar-refractivity contribution in [2.24, 2.45) is 0 Å². The summed E-state index contributed by atoms with van der Waals surface area (Å²) < 4.78 is 14.4. The van der Waals surface area contributed by atoms with E-state index in [1.165, 1.54) is 24.8 Å². The number of aromatic nitrogens is 3. The van der Waals surface area contributed by atoms with Gasteiger partial charge in [-0.3, -0.25) is 0 Å². The van der Waals surface area contributed by atoms with E-state index < -0.39 is 5.97 Å². The van der Waals surface area contributed by atoms with Gasteiger partial charge in [-0.25, -0.2) is 9.78 Å². The fourth-order valence-electron chi connectivity index (χ4n) is 7.32. The van der Waals surface area contributed by atoms with Crippen LogP contribution in [-0.2, 0) is 6.54 Å². The summed E-state index contributed by atoms with van der Waals surface area (Å²) in [6, 6.07) is 23.5. The Morgan fingerprint density at radius 1 is 0.978 bits per heavy atom. The highest BCUT2D eigenvalue weighted by Gasteiger charge is 2.31. The van der Waals surface area contributed by atoms with Crippen molar-refractivity contribution in [1.82, 2.24) is 14.5 Å². The van der Waals surface area contributed by atoms with Gasteiger partial charge in [-0.2, -0.15) is 0 Å². The molecule has 7 nitrogen and oxygen atoms in total. The average molecular weight is 618 g/mol. The predicted octanol–water partition coefficient (Wildman–Crippen LogP) is 9.32. The van der Waals surface area contributed by atoms with Gasteiger partial charge in [0.1, 0.15) is 23.7 Å². The molecule has 1 aliphatic heterocycles. The number of hydrogen-bond acceptors (Lipinski definition) is 4. The van der Waals surface area contributed by atoms with Gasteiger partial charge in [0.15, 0.2) is 5.75 Å². The molecule has 0 amide bonds. The summed E-state index contributed by atoms with van der Waals surface area (Å²) in [4.78, 5) is 20.6. The number of rotatable bonds is 5. The normalized spacial score (nSPS) is 15.0. The summed E-state index contributed by atoms with van der Waals surface area (Å²) in [5, 5.41) is 11.6. The van der Waals surface area contributed by atoms with Gasteiger partial charge in [0, 0.05) is 27.1 Å². The number of nitrogens with zero attached hydrogens (tertiary/aromatic N) is 2. The minimum Gasteiger partial charge on any atom is -0.497 e. The van der Waals surface area contributed by atoms with Crippen LogP contribution in [0.25, 0.3) is 55.7 Å². The first-order valence-corrected chi connectivity index (χ1v) is 15.9. The molecule has 1 fully saturated rings. The van der Waals surface area contributed by atoms with Crippen molar-refractivity contribution >= 4 is 39.5 Å². The molecule has 4 aromatic carbocycles. The number of methoxy groups -OCH3 is 1. The number of benzene rings is 4. The van der Waals surface area contributed by atoms with Crippen molar-refractivity contribution in [2.45, 2.75) is 44.6 Å². The molecule has 6 aromatic rings. The second-order valence-corrected chi connectivity index (χ2v) is 12.4. The maximum Gasteiger partial charge on any atom is 0.335 e. The van der Waals surface area contributed by atoms with Crippen molar-refractivity contribution in [2.75, 3.05) is 13.7 Å². The molecule has 8 heteroatoms. The van der Waals surface area contributed by atoms with Crippen molar-refractivity contribution in [1.29, 1.82) is 0 Å². The zero-order chi connectivity index (χ0) is 30.7. The number of aromatic amines is 1. The van der Waals surface area contributed by atoms with E-state index in [-0.39, 0.29) is 0 Å². The van der Waals surface area contributed by atoms with Gasteiger partial charge >= 0.3 is 5.97 Å². The predicted molar refractivity (Wildman–Crippen MR) is 178 cm³/mol. The van der Waals surface area contributed by atoms with Crippen LogP contribution in [0.3, 0.4) is 0 Å². The largest absolute Gasteiger partial charge is 0.497 e. The van der Waals surface area contributed by atoms with E-state index in [2.05, 4.69) is 21.7 Å². The third-order valence-corrected chi connectivity index (χ3v) is 9.68. The van der Waals surface area contributed by atoms with Crippen LogP contribution in [0.4, 0.5) is 0 Å². The van der Waals surface area contributed by atoms with Crippen LogP contribution >= 0.6 is 11.6 Å². The number of H-pyrrole nitrogens is 1. The number of ether oxygens (including phenoxy) is 2. The van der Waals surface area contributed by atoms with Crippen molar-refractivity contribution in [3.05, 3.63) is 88.9 Å². The minimum absolute atomic E-state index is 0.298. The first kappa shape index (κ1) is 27.8. The monoisotopic (exact) mass is 617 g/mol. The molecule has 0 bridgehead atoms. The third-order valence-electron chi connectivity index (χ3n) is 9.43. The molecule has 1 aliphatic carbocycles.